The molecule has 0 saturated heterocycles. The van der Waals surface area contributed by atoms with Crippen molar-refractivity contribution in [3.05, 3.63) is 82.9 Å². The smallest absolute Gasteiger partial charge is 0.161 e. The molecule has 0 aliphatic rings. The van der Waals surface area contributed by atoms with Gasteiger partial charge in [0.2, 0.25) is 0 Å². The number of phenolic OH excluding ortho intramolecular Hbond substituents is 2. The molecule has 3 aromatic rings. The van der Waals surface area contributed by atoms with Crippen LogP contribution in [0.2, 0.25) is 0 Å². The van der Waals surface area contributed by atoms with Crippen LogP contribution >= 0.6 is 0 Å². The van der Waals surface area contributed by atoms with Crippen LogP contribution in [0.5, 0.6) is 23.0 Å². The molecule has 40 heavy (non-hydrogen) atoms. The number of ether oxygens (including phenoxy) is 6. The van der Waals surface area contributed by atoms with Crippen molar-refractivity contribution in [3.63, 3.8) is 0 Å². The Morgan fingerprint density at radius 2 is 0.900 bits per heavy atom. The van der Waals surface area contributed by atoms with Gasteiger partial charge >= 0.3 is 0 Å². The maximum atomic E-state index is 10.9. The van der Waals surface area contributed by atoms with Crippen molar-refractivity contribution in [2.45, 2.75) is 13.2 Å². The van der Waals surface area contributed by atoms with E-state index in [0.29, 0.717) is 88.1 Å². The van der Waals surface area contributed by atoms with Crippen LogP contribution < -0.4 is 9.47 Å². The highest BCUT2D eigenvalue weighted by molar-refractivity contribution is 5.80. The molecular formula is C30H34O10. The number of hydrogen-bond donors (Lipinski definition) is 2. The van der Waals surface area contributed by atoms with Crippen molar-refractivity contribution < 1.29 is 48.2 Å². The maximum absolute atomic E-state index is 10.9. The fourth-order valence-electron chi connectivity index (χ4n) is 3.56. The lowest BCUT2D eigenvalue weighted by atomic mass is 10.1. The Morgan fingerprint density at radius 1 is 0.500 bits per heavy atom. The van der Waals surface area contributed by atoms with Crippen LogP contribution in [0, 0.1) is 0 Å². The Kier molecular flexibility index (Phi) is 13.4. The summed E-state index contributed by atoms with van der Waals surface area (Å²) in [4.78, 5) is 21.8. The molecule has 214 valence electrons. The van der Waals surface area contributed by atoms with Gasteiger partial charge in [0.1, 0.15) is 24.7 Å². The van der Waals surface area contributed by atoms with Crippen molar-refractivity contribution in [1.82, 2.24) is 0 Å². The SMILES string of the molecule is O=Cc1cccc(COCCOCCOc2ccccc2OCCOCCOCc2cccc(C=O)c2O)c1O. The van der Waals surface area contributed by atoms with Gasteiger partial charge in [0, 0.05) is 11.1 Å². The van der Waals surface area contributed by atoms with Gasteiger partial charge in [-0.15, -0.1) is 0 Å². The number of hydrogen-bond acceptors (Lipinski definition) is 10. The van der Waals surface area contributed by atoms with Crippen molar-refractivity contribution in [1.29, 1.82) is 0 Å². The predicted octanol–water partition coefficient (Wildman–Crippen LogP) is 3.95. The topological polar surface area (TPSA) is 130 Å². The van der Waals surface area contributed by atoms with Crippen molar-refractivity contribution >= 4 is 12.6 Å². The molecule has 0 aliphatic heterocycles. The van der Waals surface area contributed by atoms with Gasteiger partial charge in [0.15, 0.2) is 24.1 Å². The average Bonchev–Trinajstić information content (AvgIpc) is 2.98. The normalized spacial score (nSPS) is 10.8. The summed E-state index contributed by atoms with van der Waals surface area (Å²) in [6, 6.07) is 17.2. The van der Waals surface area contributed by atoms with E-state index in [1.807, 2.05) is 24.3 Å². The second kappa shape index (κ2) is 17.6. The van der Waals surface area contributed by atoms with E-state index < -0.39 is 0 Å². The average molecular weight is 555 g/mol. The van der Waals surface area contributed by atoms with Crippen LogP contribution in [0.15, 0.2) is 60.7 Å². The van der Waals surface area contributed by atoms with Gasteiger partial charge in [-0.1, -0.05) is 36.4 Å². The van der Waals surface area contributed by atoms with Crippen molar-refractivity contribution in [3.8, 4) is 23.0 Å². The molecule has 0 atom stereocenters. The highest BCUT2D eigenvalue weighted by Gasteiger charge is 2.08. The number of aldehydes is 2. The molecule has 0 fully saturated rings. The molecule has 0 amide bonds. The van der Waals surface area contributed by atoms with Gasteiger partial charge in [0.05, 0.1) is 64.0 Å². The number of rotatable bonds is 20. The summed E-state index contributed by atoms with van der Waals surface area (Å²) >= 11 is 0. The van der Waals surface area contributed by atoms with Gasteiger partial charge in [-0.3, -0.25) is 9.59 Å². The number of para-hydroxylation sites is 4. The first-order valence-electron chi connectivity index (χ1n) is 12.8. The number of carbonyl (C=O) groups excluding carboxylic acids is 2. The van der Waals surface area contributed by atoms with E-state index in [0.717, 1.165) is 0 Å². The lowest BCUT2D eigenvalue weighted by molar-refractivity contribution is 0.0270. The minimum Gasteiger partial charge on any atom is -0.507 e. The molecule has 10 nitrogen and oxygen atoms in total. The van der Waals surface area contributed by atoms with E-state index in [2.05, 4.69) is 0 Å². The summed E-state index contributed by atoms with van der Waals surface area (Å²) in [5.74, 6) is 1.05. The Bertz CT molecular complexity index is 1100. The van der Waals surface area contributed by atoms with Gasteiger partial charge in [-0.25, -0.2) is 0 Å². The molecule has 0 aliphatic carbocycles. The van der Waals surface area contributed by atoms with Crippen LogP contribution in [0.3, 0.4) is 0 Å². The zero-order valence-electron chi connectivity index (χ0n) is 22.2. The number of phenols is 2. The molecule has 0 aromatic heterocycles. The fraction of sp³-hybridized carbons (Fsp3) is 0.333. The fourth-order valence-corrected chi connectivity index (χ4v) is 3.56. The van der Waals surface area contributed by atoms with Gasteiger partial charge in [-0.05, 0) is 24.3 Å². The lowest BCUT2D eigenvalue weighted by Crippen LogP contribution is -2.13. The first-order chi connectivity index (χ1) is 19.6. The molecule has 0 heterocycles. The summed E-state index contributed by atoms with van der Waals surface area (Å²) in [7, 11) is 0. The largest absolute Gasteiger partial charge is 0.507 e. The number of aromatic hydroxyl groups is 2. The Labute approximate surface area is 233 Å². The molecule has 0 saturated carbocycles. The summed E-state index contributed by atoms with van der Waals surface area (Å²) < 4.78 is 33.6. The van der Waals surface area contributed by atoms with Crippen LogP contribution in [-0.4, -0.2) is 75.6 Å². The number of benzene rings is 3. The number of carbonyl (C=O) groups is 2. The zero-order valence-corrected chi connectivity index (χ0v) is 22.2. The van der Waals surface area contributed by atoms with Crippen molar-refractivity contribution in [2.24, 2.45) is 0 Å². The lowest BCUT2D eigenvalue weighted by Gasteiger charge is -2.13. The van der Waals surface area contributed by atoms with Crippen LogP contribution in [-0.2, 0) is 32.2 Å². The Balaban J connectivity index is 1.22. The quantitative estimate of drug-likeness (QED) is 0.156. The van der Waals surface area contributed by atoms with Gasteiger partial charge in [-0.2, -0.15) is 0 Å². The molecular weight excluding hydrogens is 520 g/mol. The predicted molar refractivity (Wildman–Crippen MR) is 145 cm³/mol. The van der Waals surface area contributed by atoms with E-state index in [1.165, 1.54) is 0 Å². The summed E-state index contributed by atoms with van der Waals surface area (Å²) in [6.45, 7) is 3.05. The summed E-state index contributed by atoms with van der Waals surface area (Å²) in [6.07, 6.45) is 1.21. The van der Waals surface area contributed by atoms with Gasteiger partial charge < -0.3 is 38.6 Å². The van der Waals surface area contributed by atoms with E-state index in [9.17, 15) is 19.8 Å². The third-order valence-electron chi connectivity index (χ3n) is 5.63. The van der Waals surface area contributed by atoms with Crippen LogP contribution in [0.25, 0.3) is 0 Å². The Hall–Kier alpha value is -3.96. The maximum Gasteiger partial charge on any atom is 0.161 e. The Morgan fingerprint density at radius 3 is 1.32 bits per heavy atom. The highest BCUT2D eigenvalue weighted by Crippen LogP contribution is 2.26. The monoisotopic (exact) mass is 554 g/mol. The molecule has 10 heteroatoms. The third-order valence-corrected chi connectivity index (χ3v) is 5.63. The molecule has 0 bridgehead atoms. The molecule has 0 unspecified atom stereocenters. The van der Waals surface area contributed by atoms with Gasteiger partial charge in [0.25, 0.3) is 0 Å². The first kappa shape index (κ1) is 30.6. The van der Waals surface area contributed by atoms with Crippen LogP contribution in [0.4, 0.5) is 0 Å². The summed E-state index contributed by atoms with van der Waals surface area (Å²) in [5, 5.41) is 19.9. The van der Waals surface area contributed by atoms with E-state index in [4.69, 9.17) is 28.4 Å². The molecule has 3 rings (SSSR count). The molecule has 2 N–H and O–H groups in total. The zero-order chi connectivity index (χ0) is 28.4. The third kappa shape index (κ3) is 9.97. The van der Waals surface area contributed by atoms with E-state index >= 15 is 0 Å². The highest BCUT2D eigenvalue weighted by atomic mass is 16.6. The minimum absolute atomic E-state index is 0.0650. The molecule has 3 aromatic carbocycles. The second-order valence-electron chi connectivity index (χ2n) is 8.42. The van der Waals surface area contributed by atoms with Crippen LogP contribution in [0.1, 0.15) is 31.8 Å². The first-order valence-corrected chi connectivity index (χ1v) is 12.8. The summed E-state index contributed by atoms with van der Waals surface area (Å²) in [5.41, 5.74) is 1.55. The molecule has 0 radical (unpaired) electrons. The molecule has 0 spiro atoms. The minimum atomic E-state index is -0.0650. The second-order valence-corrected chi connectivity index (χ2v) is 8.42. The standard InChI is InChI=1S/C30H34O10/c31-19-23-5-3-7-25(29(23)33)21-37-13-11-35-15-17-39-27-9-1-2-10-28(27)40-18-16-36-12-14-38-22-26-8-4-6-24(20-32)30(26)34/h1-10,19-20,33-34H,11-18,21-22H2. The van der Waals surface area contributed by atoms with E-state index in [-0.39, 0.29) is 35.8 Å². The van der Waals surface area contributed by atoms with Crippen molar-refractivity contribution in [2.75, 3.05) is 52.9 Å². The van der Waals surface area contributed by atoms with E-state index in [1.54, 1.807) is 36.4 Å².